The van der Waals surface area contributed by atoms with Gasteiger partial charge in [0.2, 0.25) is 0 Å². The summed E-state index contributed by atoms with van der Waals surface area (Å²) in [5.74, 6) is 0.148. The van der Waals surface area contributed by atoms with Crippen molar-refractivity contribution >= 4 is 11.8 Å². The first-order valence-electron chi connectivity index (χ1n) is 4.90. The minimum atomic E-state index is -0.447. The van der Waals surface area contributed by atoms with E-state index < -0.39 is 5.97 Å². The Morgan fingerprint density at radius 2 is 1.94 bits per heavy atom. The van der Waals surface area contributed by atoms with E-state index in [0.29, 0.717) is 12.2 Å². The Hall–Kier alpha value is -1.84. The fraction of sp³-hybridized carbons (Fsp3) is 0.333. The molecule has 0 aliphatic rings. The summed E-state index contributed by atoms with van der Waals surface area (Å²) in [7, 11) is 1.30. The van der Waals surface area contributed by atoms with E-state index in [9.17, 15) is 9.59 Å². The van der Waals surface area contributed by atoms with Gasteiger partial charge >= 0.3 is 5.97 Å². The summed E-state index contributed by atoms with van der Waals surface area (Å²) in [4.78, 5) is 21.9. The topological polar surface area (TPSA) is 52.6 Å². The minimum absolute atomic E-state index is 0.0501. The molecule has 0 heterocycles. The molecule has 0 spiro atoms. The van der Waals surface area contributed by atoms with Crippen LogP contribution in [0.5, 0.6) is 5.75 Å². The predicted octanol–water partition coefficient (Wildman–Crippen LogP) is 1.37. The van der Waals surface area contributed by atoms with Crippen LogP contribution in [0.15, 0.2) is 24.3 Å². The van der Waals surface area contributed by atoms with Crippen LogP contribution >= 0.6 is 0 Å². The Kier molecular flexibility index (Phi) is 4.51. The molecule has 86 valence electrons. The maximum Gasteiger partial charge on any atom is 0.343 e. The molecular formula is C12H14O4. The molecule has 4 heteroatoms. The maximum absolute atomic E-state index is 11.0. The summed E-state index contributed by atoms with van der Waals surface area (Å²) in [5, 5.41) is 0. The van der Waals surface area contributed by atoms with Crippen molar-refractivity contribution in [2.75, 3.05) is 13.7 Å². The normalized spacial score (nSPS) is 9.62. The molecule has 1 rings (SSSR count). The van der Waals surface area contributed by atoms with Gasteiger partial charge < -0.3 is 9.47 Å². The predicted molar refractivity (Wildman–Crippen MR) is 58.3 cm³/mol. The second-order valence-corrected chi connectivity index (χ2v) is 3.35. The second-order valence-electron chi connectivity index (χ2n) is 3.35. The van der Waals surface area contributed by atoms with Crippen LogP contribution in [0.1, 0.15) is 12.5 Å². The van der Waals surface area contributed by atoms with Gasteiger partial charge in [0, 0.05) is 12.0 Å². The summed E-state index contributed by atoms with van der Waals surface area (Å²) in [6.45, 7) is 1.36. The third-order valence-electron chi connectivity index (χ3n) is 1.99. The van der Waals surface area contributed by atoms with Crippen LogP contribution in [-0.2, 0) is 20.7 Å². The van der Waals surface area contributed by atoms with Gasteiger partial charge in [-0.05, 0) is 13.0 Å². The number of ether oxygens (including phenoxy) is 2. The van der Waals surface area contributed by atoms with E-state index in [2.05, 4.69) is 4.74 Å². The van der Waals surface area contributed by atoms with Gasteiger partial charge in [0.1, 0.15) is 11.5 Å². The Balaban J connectivity index is 2.70. The first-order chi connectivity index (χ1) is 7.63. The van der Waals surface area contributed by atoms with E-state index in [-0.39, 0.29) is 12.4 Å². The second kappa shape index (κ2) is 5.90. The highest BCUT2D eigenvalue weighted by Gasteiger charge is 2.07. The highest BCUT2D eigenvalue weighted by atomic mass is 16.6. The number of carbonyl (C=O) groups excluding carboxylic acids is 2. The van der Waals surface area contributed by atoms with Crippen LogP contribution < -0.4 is 4.74 Å². The van der Waals surface area contributed by atoms with E-state index in [1.807, 2.05) is 6.07 Å². The van der Waals surface area contributed by atoms with Crippen LogP contribution in [0.4, 0.5) is 0 Å². The lowest BCUT2D eigenvalue weighted by Gasteiger charge is -2.09. The van der Waals surface area contributed by atoms with Gasteiger partial charge in [-0.3, -0.25) is 4.79 Å². The molecule has 0 amide bonds. The summed E-state index contributed by atoms with van der Waals surface area (Å²) in [6.07, 6.45) is 0.303. The molecule has 1 aromatic carbocycles. The molecule has 0 aromatic heterocycles. The number of rotatable bonds is 5. The molecule has 0 radical (unpaired) electrons. The van der Waals surface area contributed by atoms with Crippen LogP contribution in [0.3, 0.4) is 0 Å². The molecule has 16 heavy (non-hydrogen) atoms. The van der Waals surface area contributed by atoms with Crippen molar-refractivity contribution in [3.63, 3.8) is 0 Å². The first kappa shape index (κ1) is 12.2. The number of ketones is 1. The van der Waals surface area contributed by atoms with E-state index in [0.717, 1.165) is 5.56 Å². The highest BCUT2D eigenvalue weighted by Crippen LogP contribution is 2.18. The smallest absolute Gasteiger partial charge is 0.343 e. The Bertz CT molecular complexity index is 384. The van der Waals surface area contributed by atoms with E-state index >= 15 is 0 Å². The van der Waals surface area contributed by atoms with Crippen LogP contribution in [0.25, 0.3) is 0 Å². The van der Waals surface area contributed by atoms with E-state index in [1.54, 1.807) is 18.2 Å². The van der Waals surface area contributed by atoms with Crippen molar-refractivity contribution in [2.24, 2.45) is 0 Å². The van der Waals surface area contributed by atoms with Crippen molar-refractivity contribution < 1.29 is 19.1 Å². The summed E-state index contributed by atoms with van der Waals surface area (Å²) < 4.78 is 9.73. The number of carbonyl (C=O) groups is 2. The van der Waals surface area contributed by atoms with E-state index in [1.165, 1.54) is 14.0 Å². The fourth-order valence-electron chi connectivity index (χ4n) is 1.25. The van der Waals surface area contributed by atoms with Crippen LogP contribution in [-0.4, -0.2) is 25.5 Å². The Morgan fingerprint density at radius 3 is 2.56 bits per heavy atom. The highest BCUT2D eigenvalue weighted by molar-refractivity contribution is 5.79. The molecule has 4 nitrogen and oxygen atoms in total. The van der Waals surface area contributed by atoms with Gasteiger partial charge in [-0.1, -0.05) is 18.2 Å². The van der Waals surface area contributed by atoms with Crippen molar-refractivity contribution in [3.8, 4) is 5.75 Å². The van der Waals surface area contributed by atoms with Crippen LogP contribution in [0.2, 0.25) is 0 Å². The number of benzene rings is 1. The average molecular weight is 222 g/mol. The molecule has 0 unspecified atom stereocenters. The third kappa shape index (κ3) is 3.73. The SMILES string of the molecule is COC(=O)COc1ccccc1CC(C)=O. The standard InChI is InChI=1S/C12H14O4/c1-9(13)7-10-5-3-4-6-11(10)16-8-12(14)15-2/h3-6H,7-8H2,1-2H3. The lowest BCUT2D eigenvalue weighted by molar-refractivity contribution is -0.142. The van der Waals surface area contributed by atoms with Crippen molar-refractivity contribution in [3.05, 3.63) is 29.8 Å². The molecule has 0 aliphatic carbocycles. The zero-order chi connectivity index (χ0) is 12.0. The fourth-order valence-corrected chi connectivity index (χ4v) is 1.25. The summed E-state index contributed by atoms with van der Waals surface area (Å²) >= 11 is 0. The van der Waals surface area contributed by atoms with Crippen LogP contribution in [0, 0.1) is 0 Å². The molecule has 0 saturated carbocycles. The largest absolute Gasteiger partial charge is 0.482 e. The number of hydrogen-bond donors (Lipinski definition) is 0. The maximum atomic E-state index is 11.0. The summed E-state index contributed by atoms with van der Waals surface area (Å²) in [6, 6.07) is 7.13. The molecular weight excluding hydrogens is 208 g/mol. The molecule has 0 aliphatic heterocycles. The van der Waals surface area contributed by atoms with E-state index in [4.69, 9.17) is 4.74 Å². The number of methoxy groups -OCH3 is 1. The first-order valence-corrected chi connectivity index (χ1v) is 4.90. The Labute approximate surface area is 94.2 Å². The van der Waals surface area contributed by atoms with Gasteiger partial charge in [0.05, 0.1) is 7.11 Å². The van der Waals surface area contributed by atoms with Gasteiger partial charge in [-0.25, -0.2) is 4.79 Å². The third-order valence-corrected chi connectivity index (χ3v) is 1.99. The monoisotopic (exact) mass is 222 g/mol. The molecule has 1 aromatic rings. The van der Waals surface area contributed by atoms with Crippen molar-refractivity contribution in [1.82, 2.24) is 0 Å². The van der Waals surface area contributed by atoms with Crippen molar-refractivity contribution in [2.45, 2.75) is 13.3 Å². The van der Waals surface area contributed by atoms with Gasteiger partial charge in [0.15, 0.2) is 6.61 Å². The molecule has 0 bridgehead atoms. The number of para-hydroxylation sites is 1. The zero-order valence-corrected chi connectivity index (χ0v) is 9.36. The summed E-state index contributed by atoms with van der Waals surface area (Å²) in [5.41, 5.74) is 0.777. The minimum Gasteiger partial charge on any atom is -0.482 e. The van der Waals surface area contributed by atoms with Crippen molar-refractivity contribution in [1.29, 1.82) is 0 Å². The van der Waals surface area contributed by atoms with Gasteiger partial charge in [-0.2, -0.15) is 0 Å². The van der Waals surface area contributed by atoms with Gasteiger partial charge in [-0.15, -0.1) is 0 Å². The number of hydrogen-bond acceptors (Lipinski definition) is 4. The quantitative estimate of drug-likeness (QED) is 0.706. The zero-order valence-electron chi connectivity index (χ0n) is 9.36. The average Bonchev–Trinajstić information content (AvgIpc) is 2.26. The number of esters is 1. The molecule has 0 atom stereocenters. The molecule has 0 saturated heterocycles. The lowest BCUT2D eigenvalue weighted by Crippen LogP contribution is -2.13. The molecule has 0 N–H and O–H groups in total. The molecule has 0 fully saturated rings. The Morgan fingerprint density at radius 1 is 1.25 bits per heavy atom. The lowest BCUT2D eigenvalue weighted by atomic mass is 10.1. The number of Topliss-reactive ketones (excluding diaryl/α,β-unsaturated/α-hetero) is 1. The van der Waals surface area contributed by atoms with Gasteiger partial charge in [0.25, 0.3) is 0 Å².